The summed E-state index contributed by atoms with van der Waals surface area (Å²) in [6, 6.07) is 0. The van der Waals surface area contributed by atoms with Crippen LogP contribution < -0.4 is 0 Å². The highest BCUT2D eigenvalue weighted by Crippen LogP contribution is 2.64. The summed E-state index contributed by atoms with van der Waals surface area (Å²) in [6.45, 7) is 4.59. The Kier molecular flexibility index (Phi) is 11.3. The lowest BCUT2D eigenvalue weighted by Crippen LogP contribution is -2.53. The van der Waals surface area contributed by atoms with Gasteiger partial charge in [-0.2, -0.15) is 0 Å². The maximum absolute atomic E-state index is 12.9. The first kappa shape index (κ1) is 28.0. The van der Waals surface area contributed by atoms with Crippen LogP contribution in [0.25, 0.3) is 0 Å². The van der Waals surface area contributed by atoms with Gasteiger partial charge in [0.2, 0.25) is 0 Å². The molecule has 2 heteroatoms. The molecular formula is C32H58O2. The topological polar surface area (TPSA) is 37.3 Å². The van der Waals surface area contributed by atoms with Crippen LogP contribution in [-0.2, 0) is 4.79 Å². The minimum absolute atomic E-state index is 0.0631. The van der Waals surface area contributed by atoms with E-state index < -0.39 is 11.4 Å². The molecule has 0 unspecified atom stereocenters. The molecule has 3 saturated carbocycles. The second-order valence-corrected chi connectivity index (χ2v) is 12.9. The van der Waals surface area contributed by atoms with Gasteiger partial charge < -0.3 is 5.11 Å². The third-order valence-electron chi connectivity index (χ3n) is 11.1. The summed E-state index contributed by atoms with van der Waals surface area (Å²) in [5, 5.41) is 10.6. The first-order valence-corrected chi connectivity index (χ1v) is 15.8. The van der Waals surface area contributed by atoms with Crippen molar-refractivity contribution < 1.29 is 9.90 Å². The molecule has 0 spiro atoms. The molecule has 0 saturated heterocycles. The number of carboxylic acid groups (broad SMARTS) is 1. The highest BCUT2D eigenvalue weighted by molar-refractivity contribution is 5.76. The number of carbonyl (C=O) groups is 1. The molecule has 0 bridgehead atoms. The van der Waals surface area contributed by atoms with Gasteiger partial charge in [0.25, 0.3) is 0 Å². The summed E-state index contributed by atoms with van der Waals surface area (Å²) >= 11 is 0. The second kappa shape index (κ2) is 13.7. The van der Waals surface area contributed by atoms with Crippen LogP contribution in [0.1, 0.15) is 174 Å². The minimum atomic E-state index is -0.444. The monoisotopic (exact) mass is 474 g/mol. The summed E-state index contributed by atoms with van der Waals surface area (Å²) in [6.07, 6.45) is 32.5. The molecule has 34 heavy (non-hydrogen) atoms. The molecule has 0 aromatic carbocycles. The van der Waals surface area contributed by atoms with Crippen LogP contribution in [-0.4, -0.2) is 11.1 Å². The molecule has 0 aromatic rings. The van der Waals surface area contributed by atoms with Crippen molar-refractivity contribution in [1.29, 1.82) is 0 Å². The summed E-state index contributed by atoms with van der Waals surface area (Å²) in [7, 11) is 0. The first-order valence-electron chi connectivity index (χ1n) is 15.8. The van der Waals surface area contributed by atoms with Gasteiger partial charge in [0.05, 0.1) is 5.41 Å². The van der Waals surface area contributed by atoms with Gasteiger partial charge in [0.1, 0.15) is 0 Å². The molecule has 198 valence electrons. The number of hydrogen-bond acceptors (Lipinski definition) is 1. The van der Waals surface area contributed by atoms with E-state index >= 15 is 0 Å². The normalized spacial score (nSPS) is 30.3. The fourth-order valence-corrected chi connectivity index (χ4v) is 8.85. The van der Waals surface area contributed by atoms with Crippen LogP contribution in [0.4, 0.5) is 0 Å². The van der Waals surface area contributed by atoms with E-state index in [-0.39, 0.29) is 5.41 Å². The van der Waals surface area contributed by atoms with Crippen LogP contribution in [0.15, 0.2) is 0 Å². The maximum Gasteiger partial charge on any atom is 0.310 e. The molecule has 1 N–H and O–H groups in total. The van der Waals surface area contributed by atoms with Crippen molar-refractivity contribution in [2.75, 3.05) is 0 Å². The predicted octanol–water partition coefficient (Wildman–Crippen LogP) is 10.5. The highest BCUT2D eigenvalue weighted by Gasteiger charge is 2.59. The van der Waals surface area contributed by atoms with Gasteiger partial charge in [-0.05, 0) is 81.0 Å². The van der Waals surface area contributed by atoms with E-state index in [2.05, 4.69) is 13.8 Å². The Hall–Kier alpha value is -0.530. The highest BCUT2D eigenvalue weighted by atomic mass is 16.4. The molecule has 0 heterocycles. The third kappa shape index (κ3) is 6.42. The zero-order chi connectivity index (χ0) is 24.3. The average molecular weight is 475 g/mol. The van der Waals surface area contributed by atoms with E-state index in [0.29, 0.717) is 5.41 Å². The molecular weight excluding hydrogens is 416 g/mol. The smallest absolute Gasteiger partial charge is 0.310 e. The zero-order valence-corrected chi connectivity index (χ0v) is 23.1. The molecule has 3 aliphatic carbocycles. The van der Waals surface area contributed by atoms with Crippen LogP contribution in [0, 0.1) is 22.2 Å². The Morgan fingerprint density at radius 2 is 1.21 bits per heavy atom. The molecule has 3 aliphatic rings. The van der Waals surface area contributed by atoms with Crippen LogP contribution >= 0.6 is 0 Å². The van der Waals surface area contributed by atoms with Crippen molar-refractivity contribution in [2.24, 2.45) is 22.2 Å². The summed E-state index contributed by atoms with van der Waals surface area (Å²) in [5.74, 6) is 0.471. The number of hydrogen-bond donors (Lipinski definition) is 1. The van der Waals surface area contributed by atoms with Crippen molar-refractivity contribution in [3.8, 4) is 0 Å². The second-order valence-electron chi connectivity index (χ2n) is 12.9. The molecule has 0 atom stereocenters. The van der Waals surface area contributed by atoms with Gasteiger partial charge in [0, 0.05) is 0 Å². The molecule has 3 rings (SSSR count). The molecule has 3 fully saturated rings. The fraction of sp³-hybridized carbons (Fsp3) is 0.969. The maximum atomic E-state index is 12.9. The third-order valence-corrected chi connectivity index (χ3v) is 11.1. The van der Waals surface area contributed by atoms with Crippen molar-refractivity contribution >= 4 is 5.97 Å². The van der Waals surface area contributed by atoms with Gasteiger partial charge in [-0.15, -0.1) is 0 Å². The molecule has 0 radical (unpaired) electrons. The number of rotatable bonds is 14. The summed E-state index contributed by atoms with van der Waals surface area (Å²) < 4.78 is 0. The van der Waals surface area contributed by atoms with Gasteiger partial charge >= 0.3 is 5.97 Å². The lowest BCUT2D eigenvalue weighted by Gasteiger charge is -2.58. The van der Waals surface area contributed by atoms with Crippen molar-refractivity contribution in [2.45, 2.75) is 174 Å². The number of unbranched alkanes of at least 4 members (excludes halogenated alkanes) is 7. The Morgan fingerprint density at radius 1 is 0.647 bits per heavy atom. The van der Waals surface area contributed by atoms with Gasteiger partial charge in [0.15, 0.2) is 0 Å². The zero-order valence-electron chi connectivity index (χ0n) is 23.1. The molecule has 0 aromatic heterocycles. The summed E-state index contributed by atoms with van der Waals surface area (Å²) in [5.41, 5.74) is 0.153. The van der Waals surface area contributed by atoms with E-state index in [1.165, 1.54) is 128 Å². The summed E-state index contributed by atoms with van der Waals surface area (Å²) in [4.78, 5) is 12.9. The lowest BCUT2D eigenvalue weighted by molar-refractivity contribution is -0.171. The van der Waals surface area contributed by atoms with E-state index in [0.717, 1.165) is 38.0 Å². The van der Waals surface area contributed by atoms with E-state index in [1.807, 2.05) is 0 Å². The quantitative estimate of drug-likeness (QED) is 0.254. The van der Waals surface area contributed by atoms with Crippen molar-refractivity contribution in [1.82, 2.24) is 0 Å². The largest absolute Gasteiger partial charge is 0.481 e. The Bertz CT molecular complexity index is 574. The van der Waals surface area contributed by atoms with Gasteiger partial charge in [-0.25, -0.2) is 0 Å². The van der Waals surface area contributed by atoms with Crippen molar-refractivity contribution in [3.05, 3.63) is 0 Å². The molecule has 0 amide bonds. The minimum Gasteiger partial charge on any atom is -0.481 e. The van der Waals surface area contributed by atoms with Gasteiger partial charge in [-0.3, -0.25) is 4.79 Å². The van der Waals surface area contributed by atoms with E-state index in [1.54, 1.807) is 0 Å². The number of aliphatic carboxylic acids is 1. The predicted molar refractivity (Wildman–Crippen MR) is 145 cm³/mol. The van der Waals surface area contributed by atoms with Crippen molar-refractivity contribution in [3.63, 3.8) is 0 Å². The lowest BCUT2D eigenvalue weighted by atomic mass is 9.46. The van der Waals surface area contributed by atoms with E-state index in [9.17, 15) is 9.90 Å². The van der Waals surface area contributed by atoms with Crippen LogP contribution in [0.5, 0.6) is 0 Å². The fourth-order valence-electron chi connectivity index (χ4n) is 8.85. The standard InChI is InChI=1S/C32H58O2/c1-3-5-7-8-9-10-15-20-30(28-18-13-11-14-19-28)24-26-31(27-25-30,21-6-4-2)32(29(33)34)22-16-12-17-23-32/h28H,3-27H2,1-2H3,(H,33,34). The first-order chi connectivity index (χ1) is 16.5. The Balaban J connectivity index is 1.72. The Morgan fingerprint density at radius 3 is 1.79 bits per heavy atom. The van der Waals surface area contributed by atoms with Crippen LogP contribution in [0.3, 0.4) is 0 Å². The van der Waals surface area contributed by atoms with Gasteiger partial charge in [-0.1, -0.05) is 110 Å². The van der Waals surface area contributed by atoms with E-state index in [4.69, 9.17) is 0 Å². The number of carboxylic acids is 1. The molecule has 0 aliphatic heterocycles. The molecule has 2 nitrogen and oxygen atoms in total. The van der Waals surface area contributed by atoms with Crippen LogP contribution in [0.2, 0.25) is 0 Å². The SMILES string of the molecule is CCCCCCCCCC1(C2CCCCC2)CCC(CCCC)(C2(C(=O)O)CCCCC2)CC1. The Labute approximate surface area is 212 Å². The average Bonchev–Trinajstić information content (AvgIpc) is 2.88.